The number of sulfonamides is 1. The highest BCUT2D eigenvalue weighted by Gasteiger charge is 2.20. The Morgan fingerprint density at radius 1 is 1.33 bits per heavy atom. The van der Waals surface area contributed by atoms with Gasteiger partial charge in [-0.2, -0.15) is 0 Å². The van der Waals surface area contributed by atoms with E-state index in [9.17, 15) is 13.2 Å². The van der Waals surface area contributed by atoms with E-state index in [4.69, 9.17) is 15.2 Å². The Balaban J connectivity index is 3.11. The molecule has 3 N–H and O–H groups in total. The number of nitrogens with one attached hydrogen (secondary N) is 1. The molecule has 0 radical (unpaired) electrons. The van der Waals surface area contributed by atoms with Crippen LogP contribution < -0.4 is 19.9 Å². The van der Waals surface area contributed by atoms with Crippen molar-refractivity contribution in [3.8, 4) is 11.5 Å². The summed E-state index contributed by atoms with van der Waals surface area (Å²) < 4.78 is 35.7. The van der Waals surface area contributed by atoms with E-state index in [2.05, 4.69) is 4.72 Å². The number of hydrogen-bond donors (Lipinski definition) is 2. The Labute approximate surface area is 105 Å². The van der Waals surface area contributed by atoms with Crippen LogP contribution in [-0.4, -0.2) is 35.1 Å². The lowest BCUT2D eigenvalue weighted by Gasteiger charge is -2.11. The van der Waals surface area contributed by atoms with Crippen molar-refractivity contribution in [3.05, 3.63) is 18.2 Å². The fourth-order valence-electron chi connectivity index (χ4n) is 1.24. The third-order valence-electron chi connectivity index (χ3n) is 2.10. The second-order valence-corrected chi connectivity index (χ2v) is 5.04. The number of ether oxygens (including phenoxy) is 2. The number of primary amides is 1. The molecule has 0 spiro atoms. The summed E-state index contributed by atoms with van der Waals surface area (Å²) in [5, 5.41) is 0. The average molecular weight is 274 g/mol. The first-order valence-electron chi connectivity index (χ1n) is 4.90. The van der Waals surface area contributed by atoms with Crippen LogP contribution in [-0.2, 0) is 14.8 Å². The summed E-state index contributed by atoms with van der Waals surface area (Å²) in [5.41, 5.74) is 4.88. The first-order chi connectivity index (χ1) is 8.40. The minimum absolute atomic E-state index is 0.0907. The Morgan fingerprint density at radius 2 is 2.00 bits per heavy atom. The van der Waals surface area contributed by atoms with Crippen LogP contribution in [0, 0.1) is 0 Å². The molecule has 1 rings (SSSR count). The van der Waals surface area contributed by atoms with E-state index in [-0.39, 0.29) is 10.6 Å². The number of benzene rings is 1. The maximum atomic E-state index is 11.9. The quantitative estimate of drug-likeness (QED) is 0.725. The van der Waals surface area contributed by atoms with Gasteiger partial charge in [0.15, 0.2) is 0 Å². The van der Waals surface area contributed by atoms with Gasteiger partial charge in [-0.25, -0.2) is 13.1 Å². The highest BCUT2D eigenvalue weighted by molar-refractivity contribution is 7.89. The molecule has 0 saturated carbocycles. The number of amides is 1. The van der Waals surface area contributed by atoms with Crippen molar-refractivity contribution in [3.63, 3.8) is 0 Å². The maximum absolute atomic E-state index is 11.9. The lowest BCUT2D eigenvalue weighted by atomic mass is 10.3. The third-order valence-corrected chi connectivity index (χ3v) is 3.54. The molecule has 0 fully saturated rings. The molecular weight excluding hydrogens is 260 g/mol. The number of nitrogens with two attached hydrogens (primary N) is 1. The second kappa shape index (κ2) is 5.69. The molecule has 0 heterocycles. The van der Waals surface area contributed by atoms with Crippen LogP contribution in [0.1, 0.15) is 0 Å². The molecule has 0 unspecified atom stereocenters. The van der Waals surface area contributed by atoms with Crippen molar-refractivity contribution >= 4 is 15.9 Å². The highest BCUT2D eigenvalue weighted by Crippen LogP contribution is 2.27. The highest BCUT2D eigenvalue weighted by atomic mass is 32.2. The second-order valence-electron chi connectivity index (χ2n) is 3.31. The topological polar surface area (TPSA) is 108 Å². The first-order valence-corrected chi connectivity index (χ1v) is 6.39. The lowest BCUT2D eigenvalue weighted by Crippen LogP contribution is -2.33. The van der Waals surface area contributed by atoms with Gasteiger partial charge in [0, 0.05) is 6.07 Å². The van der Waals surface area contributed by atoms with E-state index in [0.717, 1.165) is 0 Å². The molecule has 0 atom stereocenters. The zero-order valence-electron chi connectivity index (χ0n) is 9.97. The monoisotopic (exact) mass is 274 g/mol. The van der Waals surface area contributed by atoms with Crippen molar-refractivity contribution in [2.24, 2.45) is 5.73 Å². The van der Waals surface area contributed by atoms with Crippen molar-refractivity contribution in [2.75, 3.05) is 20.8 Å². The standard InChI is InChI=1S/C10H14N2O5S/c1-16-7-3-4-9(8(5-7)17-2)18(14,15)12-6-10(11)13/h3-5,12H,6H2,1-2H3,(H2,11,13). The van der Waals surface area contributed by atoms with Crippen LogP contribution in [0.3, 0.4) is 0 Å². The van der Waals surface area contributed by atoms with Crippen LogP contribution in [0.2, 0.25) is 0 Å². The molecule has 0 aliphatic carbocycles. The molecular formula is C10H14N2O5S. The third kappa shape index (κ3) is 3.34. The Kier molecular flexibility index (Phi) is 4.51. The summed E-state index contributed by atoms with van der Waals surface area (Å²) >= 11 is 0. The predicted octanol–water partition coefficient (Wildman–Crippen LogP) is -0.533. The molecule has 7 nitrogen and oxygen atoms in total. The van der Waals surface area contributed by atoms with E-state index < -0.39 is 22.5 Å². The summed E-state index contributed by atoms with van der Waals surface area (Å²) in [6.45, 7) is -0.475. The van der Waals surface area contributed by atoms with Gasteiger partial charge < -0.3 is 15.2 Å². The molecule has 8 heteroatoms. The van der Waals surface area contributed by atoms with Gasteiger partial charge in [0.1, 0.15) is 16.4 Å². The summed E-state index contributed by atoms with van der Waals surface area (Å²) in [6, 6.07) is 4.22. The van der Waals surface area contributed by atoms with Gasteiger partial charge >= 0.3 is 0 Å². The molecule has 0 saturated heterocycles. The largest absolute Gasteiger partial charge is 0.497 e. The van der Waals surface area contributed by atoms with Gasteiger partial charge in [-0.05, 0) is 12.1 Å². The first kappa shape index (κ1) is 14.3. The van der Waals surface area contributed by atoms with Crippen LogP contribution in [0.15, 0.2) is 23.1 Å². The van der Waals surface area contributed by atoms with E-state index in [1.54, 1.807) is 0 Å². The van der Waals surface area contributed by atoms with Gasteiger partial charge in [0.25, 0.3) is 0 Å². The summed E-state index contributed by atoms with van der Waals surface area (Å²) in [7, 11) is -1.07. The molecule has 18 heavy (non-hydrogen) atoms. The molecule has 1 aromatic rings. The van der Waals surface area contributed by atoms with Gasteiger partial charge in [0.05, 0.1) is 20.8 Å². The number of carbonyl (C=O) groups excluding carboxylic acids is 1. The van der Waals surface area contributed by atoms with Crippen molar-refractivity contribution in [1.29, 1.82) is 0 Å². The smallest absolute Gasteiger partial charge is 0.244 e. The normalized spacial score (nSPS) is 11.0. The van der Waals surface area contributed by atoms with Crippen molar-refractivity contribution < 1.29 is 22.7 Å². The Morgan fingerprint density at radius 3 is 2.50 bits per heavy atom. The van der Waals surface area contributed by atoms with Crippen LogP contribution in [0.4, 0.5) is 0 Å². The number of rotatable bonds is 6. The fourth-order valence-corrected chi connectivity index (χ4v) is 2.38. The van der Waals surface area contributed by atoms with Gasteiger partial charge in [-0.1, -0.05) is 0 Å². The number of hydrogen-bond acceptors (Lipinski definition) is 5. The molecule has 0 bridgehead atoms. The molecule has 1 aromatic carbocycles. The molecule has 100 valence electrons. The molecule has 1 amide bonds. The molecule has 0 aromatic heterocycles. The van der Waals surface area contributed by atoms with Gasteiger partial charge in [-0.3, -0.25) is 4.79 Å². The number of carbonyl (C=O) groups is 1. The molecule has 0 aliphatic heterocycles. The van der Waals surface area contributed by atoms with E-state index in [1.165, 1.54) is 32.4 Å². The van der Waals surface area contributed by atoms with E-state index in [0.29, 0.717) is 5.75 Å². The predicted molar refractivity (Wildman–Crippen MR) is 63.9 cm³/mol. The minimum atomic E-state index is -3.85. The summed E-state index contributed by atoms with van der Waals surface area (Å²) in [4.78, 5) is 10.5. The van der Waals surface area contributed by atoms with Crippen molar-refractivity contribution in [1.82, 2.24) is 4.72 Å². The van der Waals surface area contributed by atoms with Crippen molar-refractivity contribution in [2.45, 2.75) is 4.90 Å². The minimum Gasteiger partial charge on any atom is -0.497 e. The van der Waals surface area contributed by atoms with Gasteiger partial charge in [0.2, 0.25) is 15.9 Å². The Hall–Kier alpha value is -1.80. The maximum Gasteiger partial charge on any atom is 0.244 e. The number of methoxy groups -OCH3 is 2. The van der Waals surface area contributed by atoms with Gasteiger partial charge in [-0.15, -0.1) is 0 Å². The van der Waals surface area contributed by atoms with E-state index >= 15 is 0 Å². The van der Waals surface area contributed by atoms with Crippen LogP contribution in [0.5, 0.6) is 11.5 Å². The summed E-state index contributed by atoms with van der Waals surface area (Å²) in [6.07, 6.45) is 0. The lowest BCUT2D eigenvalue weighted by molar-refractivity contribution is -0.116. The summed E-state index contributed by atoms with van der Waals surface area (Å²) in [5.74, 6) is -0.196. The SMILES string of the molecule is COc1ccc(S(=O)(=O)NCC(N)=O)c(OC)c1. The van der Waals surface area contributed by atoms with E-state index in [1.807, 2.05) is 0 Å². The molecule has 0 aliphatic rings. The zero-order valence-corrected chi connectivity index (χ0v) is 10.8. The van der Waals surface area contributed by atoms with Crippen LogP contribution in [0.25, 0.3) is 0 Å². The fraction of sp³-hybridized carbons (Fsp3) is 0.300. The zero-order chi connectivity index (χ0) is 13.8. The average Bonchev–Trinajstić information content (AvgIpc) is 2.35. The van der Waals surface area contributed by atoms with Crippen LogP contribution >= 0.6 is 0 Å². The Bertz CT molecular complexity index is 541.